The fourth-order valence-electron chi connectivity index (χ4n) is 3.64. The summed E-state index contributed by atoms with van der Waals surface area (Å²) >= 11 is 0. The topological polar surface area (TPSA) is 122 Å². The monoisotopic (exact) mass is 437 g/mol. The van der Waals surface area contributed by atoms with Crippen molar-refractivity contribution < 1.29 is 4.79 Å². The first-order chi connectivity index (χ1) is 15.9. The number of carbonyl (C=O) groups excluding carboxylic acids is 1. The number of anilines is 1. The minimum atomic E-state index is -0.405. The van der Waals surface area contributed by atoms with Gasteiger partial charge in [-0.25, -0.2) is 15.0 Å². The van der Waals surface area contributed by atoms with Gasteiger partial charge in [-0.05, 0) is 68.3 Å². The first-order valence-electron chi connectivity index (χ1n) is 10.5. The van der Waals surface area contributed by atoms with E-state index >= 15 is 0 Å². The highest BCUT2D eigenvalue weighted by molar-refractivity contribution is 5.98. The first-order valence-corrected chi connectivity index (χ1v) is 10.5. The second-order valence-electron chi connectivity index (χ2n) is 7.91. The zero-order valence-electron chi connectivity index (χ0n) is 18.6. The fourth-order valence-corrected chi connectivity index (χ4v) is 3.64. The lowest BCUT2D eigenvalue weighted by atomic mass is 10.1. The summed E-state index contributed by atoms with van der Waals surface area (Å²) in [5.41, 5.74) is 10.0. The maximum atomic E-state index is 13.7. The average Bonchev–Trinajstić information content (AvgIpc) is 2.83. The van der Waals surface area contributed by atoms with E-state index in [1.165, 1.54) is 6.20 Å². The van der Waals surface area contributed by atoms with Crippen LogP contribution in [0, 0.1) is 25.2 Å². The Balaban J connectivity index is 1.75. The molecule has 0 radical (unpaired) electrons. The van der Waals surface area contributed by atoms with Crippen LogP contribution >= 0.6 is 0 Å². The number of nitrogens with two attached hydrogens (primary N) is 1. The predicted molar refractivity (Wildman–Crippen MR) is 125 cm³/mol. The quantitative estimate of drug-likeness (QED) is 0.502. The fraction of sp³-hybridized carbons (Fsp3) is 0.200. The Hall–Kier alpha value is -4.38. The number of hydrogen-bond acceptors (Lipinski definition) is 7. The zero-order chi connectivity index (χ0) is 23.5. The molecule has 0 saturated carbocycles. The molecule has 4 rings (SSSR count). The number of hydrogen-bond donors (Lipinski definition) is 1. The van der Waals surface area contributed by atoms with E-state index in [2.05, 4.69) is 26.0 Å². The number of pyridine rings is 2. The summed E-state index contributed by atoms with van der Waals surface area (Å²) in [5, 5.41) is 9.98. The van der Waals surface area contributed by atoms with E-state index in [-0.39, 0.29) is 12.5 Å². The molecule has 0 spiro atoms. The third-order valence-electron chi connectivity index (χ3n) is 5.62. The van der Waals surface area contributed by atoms with Crippen LogP contribution in [-0.2, 0) is 6.54 Å². The Morgan fingerprint density at radius 2 is 1.88 bits per heavy atom. The Morgan fingerprint density at radius 1 is 1.12 bits per heavy atom. The molecule has 0 aliphatic rings. The molecule has 8 nitrogen and oxygen atoms in total. The highest BCUT2D eigenvalue weighted by Crippen LogP contribution is 2.25. The minimum absolute atomic E-state index is 0.183. The van der Waals surface area contributed by atoms with E-state index in [0.717, 1.165) is 22.0 Å². The molecule has 3 aromatic heterocycles. The summed E-state index contributed by atoms with van der Waals surface area (Å²) in [4.78, 5) is 32.9. The molecule has 0 aliphatic heterocycles. The Labute approximate surface area is 191 Å². The second-order valence-corrected chi connectivity index (χ2v) is 7.91. The van der Waals surface area contributed by atoms with Crippen LogP contribution < -0.4 is 5.73 Å². The van der Waals surface area contributed by atoms with Crippen molar-refractivity contribution in [2.45, 2.75) is 33.4 Å². The molecule has 4 aromatic rings. The number of amides is 1. The molecular formula is C25H23N7O. The van der Waals surface area contributed by atoms with Crippen molar-refractivity contribution in [1.82, 2.24) is 24.8 Å². The van der Waals surface area contributed by atoms with Crippen molar-refractivity contribution in [1.29, 1.82) is 5.26 Å². The third-order valence-corrected chi connectivity index (χ3v) is 5.62. The number of aromatic nitrogens is 4. The lowest BCUT2D eigenvalue weighted by Crippen LogP contribution is -2.34. The van der Waals surface area contributed by atoms with Crippen LogP contribution in [0.4, 0.5) is 5.82 Å². The van der Waals surface area contributed by atoms with Gasteiger partial charge in [0.1, 0.15) is 17.7 Å². The van der Waals surface area contributed by atoms with Crippen molar-refractivity contribution >= 4 is 22.6 Å². The van der Waals surface area contributed by atoms with Crippen LogP contribution in [0.15, 0.2) is 55.0 Å². The van der Waals surface area contributed by atoms with E-state index in [9.17, 15) is 4.79 Å². The van der Waals surface area contributed by atoms with Gasteiger partial charge in [-0.15, -0.1) is 0 Å². The van der Waals surface area contributed by atoms with Crippen LogP contribution in [0.3, 0.4) is 0 Å². The average molecular weight is 438 g/mol. The number of nitrogen functional groups attached to an aromatic ring is 1. The van der Waals surface area contributed by atoms with Gasteiger partial charge in [0.15, 0.2) is 0 Å². The molecule has 0 unspecified atom stereocenters. The Bertz CT molecular complexity index is 1380. The number of nitriles is 1. The highest BCUT2D eigenvalue weighted by atomic mass is 16.2. The normalized spacial score (nSPS) is 11.7. The number of carbonyl (C=O) groups is 1. The third kappa shape index (κ3) is 4.48. The second kappa shape index (κ2) is 9.01. The Kier molecular flexibility index (Phi) is 5.96. The molecule has 2 N–H and O–H groups in total. The summed E-state index contributed by atoms with van der Waals surface area (Å²) in [7, 11) is 0. The van der Waals surface area contributed by atoms with Crippen LogP contribution in [0.2, 0.25) is 0 Å². The van der Waals surface area contributed by atoms with Gasteiger partial charge in [-0.2, -0.15) is 5.26 Å². The summed E-state index contributed by atoms with van der Waals surface area (Å²) in [6, 6.07) is 12.5. The standard InChI is InChI=1S/C25H23N7O/c1-15-9-18(12-26)13-30-22(15)14-32(17(3)24-28-7-4-8-29-24)25(33)19-5-6-21-20(11-19)10-16(2)23(27)31-21/h4-11,13,17H,14H2,1-3H3,(H2,27,31)/t17-/m0/s1. The van der Waals surface area contributed by atoms with Crippen molar-refractivity contribution in [2.75, 3.05) is 5.73 Å². The van der Waals surface area contributed by atoms with E-state index in [0.29, 0.717) is 28.5 Å². The molecule has 164 valence electrons. The molecule has 0 bridgehead atoms. The molecule has 1 atom stereocenters. The van der Waals surface area contributed by atoms with E-state index in [1.54, 1.807) is 41.6 Å². The van der Waals surface area contributed by atoms with Crippen molar-refractivity contribution in [3.8, 4) is 6.07 Å². The highest BCUT2D eigenvalue weighted by Gasteiger charge is 2.26. The smallest absolute Gasteiger partial charge is 0.254 e. The molecule has 3 heterocycles. The molecule has 8 heteroatoms. The van der Waals surface area contributed by atoms with Crippen molar-refractivity contribution in [3.63, 3.8) is 0 Å². The van der Waals surface area contributed by atoms with Crippen molar-refractivity contribution in [3.05, 3.63) is 88.8 Å². The van der Waals surface area contributed by atoms with Gasteiger partial charge >= 0.3 is 0 Å². The molecule has 0 fully saturated rings. The van der Waals surface area contributed by atoms with Gasteiger partial charge in [0.05, 0.1) is 29.4 Å². The van der Waals surface area contributed by atoms with Gasteiger partial charge < -0.3 is 10.6 Å². The van der Waals surface area contributed by atoms with Crippen LogP contribution in [0.25, 0.3) is 10.9 Å². The van der Waals surface area contributed by atoms with Crippen LogP contribution in [0.5, 0.6) is 0 Å². The summed E-state index contributed by atoms with van der Waals surface area (Å²) < 4.78 is 0. The zero-order valence-corrected chi connectivity index (χ0v) is 18.6. The van der Waals surface area contributed by atoms with Gasteiger partial charge in [0.2, 0.25) is 0 Å². The van der Waals surface area contributed by atoms with Crippen LogP contribution in [0.1, 0.15) is 51.5 Å². The van der Waals surface area contributed by atoms with E-state index < -0.39 is 6.04 Å². The molecular weight excluding hydrogens is 414 g/mol. The summed E-state index contributed by atoms with van der Waals surface area (Å²) in [6.45, 7) is 5.90. The number of fused-ring (bicyclic) bond motifs is 1. The number of nitrogens with zero attached hydrogens (tertiary/aromatic N) is 6. The molecule has 0 aliphatic carbocycles. The lowest BCUT2D eigenvalue weighted by Gasteiger charge is -2.29. The van der Waals surface area contributed by atoms with Gasteiger partial charge in [0, 0.05) is 29.5 Å². The summed E-state index contributed by atoms with van der Waals surface area (Å²) in [6.07, 6.45) is 4.83. The first kappa shape index (κ1) is 21.8. The van der Waals surface area contributed by atoms with Crippen LogP contribution in [-0.4, -0.2) is 30.7 Å². The van der Waals surface area contributed by atoms with Gasteiger partial charge in [0.25, 0.3) is 5.91 Å². The number of benzene rings is 1. The number of aryl methyl sites for hydroxylation is 2. The molecule has 33 heavy (non-hydrogen) atoms. The van der Waals surface area contributed by atoms with E-state index in [1.807, 2.05) is 32.9 Å². The van der Waals surface area contributed by atoms with E-state index in [4.69, 9.17) is 11.0 Å². The molecule has 1 amide bonds. The molecule has 1 aromatic carbocycles. The predicted octanol–water partition coefficient (Wildman–Crippen LogP) is 3.89. The SMILES string of the molecule is Cc1cc2cc(C(=O)N(Cc3ncc(C#N)cc3C)[C@@H](C)c3ncccn3)ccc2nc1N. The molecule has 0 saturated heterocycles. The lowest BCUT2D eigenvalue weighted by molar-refractivity contribution is 0.0663. The number of rotatable bonds is 5. The largest absolute Gasteiger partial charge is 0.383 e. The maximum absolute atomic E-state index is 13.7. The van der Waals surface area contributed by atoms with Gasteiger partial charge in [-0.1, -0.05) is 0 Å². The van der Waals surface area contributed by atoms with Gasteiger partial charge in [-0.3, -0.25) is 9.78 Å². The Morgan fingerprint density at radius 3 is 2.58 bits per heavy atom. The summed E-state index contributed by atoms with van der Waals surface area (Å²) in [5.74, 6) is 0.820. The van der Waals surface area contributed by atoms with Crippen molar-refractivity contribution in [2.24, 2.45) is 0 Å². The minimum Gasteiger partial charge on any atom is -0.383 e. The maximum Gasteiger partial charge on any atom is 0.254 e.